The number of unbranched alkanes of at least 4 members (excludes halogenated alkanes) is 1. The Kier molecular flexibility index (Phi) is 7.59. The summed E-state index contributed by atoms with van der Waals surface area (Å²) in [6.07, 6.45) is 3.60. The van der Waals surface area contributed by atoms with Gasteiger partial charge in [-0.2, -0.15) is 0 Å². The normalized spacial score (nSPS) is 14.1. The zero-order valence-corrected chi connectivity index (χ0v) is 18.9. The molecule has 0 atom stereocenters. The van der Waals surface area contributed by atoms with Gasteiger partial charge in [0.15, 0.2) is 28.7 Å². The molecule has 0 aromatic heterocycles. The Morgan fingerprint density at radius 2 is 1.59 bits per heavy atom. The third-order valence-corrected chi connectivity index (χ3v) is 4.78. The molecule has 1 heterocycles. The molecular formula is C24H27NO7. The highest BCUT2D eigenvalue weighted by atomic mass is 16.6. The van der Waals surface area contributed by atoms with E-state index in [9.17, 15) is 4.79 Å². The van der Waals surface area contributed by atoms with E-state index in [1.54, 1.807) is 31.4 Å². The van der Waals surface area contributed by atoms with Crippen molar-refractivity contribution in [2.75, 3.05) is 35.0 Å². The number of rotatable bonds is 10. The largest absolute Gasteiger partial charge is 0.493 e. The van der Waals surface area contributed by atoms with E-state index in [2.05, 4.69) is 11.9 Å². The van der Waals surface area contributed by atoms with Gasteiger partial charge in [0.05, 0.1) is 35.0 Å². The van der Waals surface area contributed by atoms with Crippen LogP contribution in [-0.2, 0) is 9.53 Å². The van der Waals surface area contributed by atoms with Gasteiger partial charge < -0.3 is 28.4 Å². The quantitative estimate of drug-likeness (QED) is 0.310. The Morgan fingerprint density at radius 1 is 0.906 bits per heavy atom. The van der Waals surface area contributed by atoms with Crippen LogP contribution in [0.15, 0.2) is 41.0 Å². The number of carbonyl (C=O) groups excluding carboxylic acids is 1. The highest BCUT2D eigenvalue weighted by Crippen LogP contribution is 2.39. The van der Waals surface area contributed by atoms with Crippen LogP contribution in [-0.4, -0.2) is 46.9 Å². The average molecular weight is 441 g/mol. The van der Waals surface area contributed by atoms with E-state index in [0.29, 0.717) is 40.9 Å². The first-order valence-corrected chi connectivity index (χ1v) is 10.2. The van der Waals surface area contributed by atoms with Crippen LogP contribution in [0.4, 0.5) is 0 Å². The number of cyclic esters (lactones) is 1. The molecule has 170 valence electrons. The molecule has 2 aromatic rings. The van der Waals surface area contributed by atoms with Crippen molar-refractivity contribution < 1.29 is 33.2 Å². The van der Waals surface area contributed by atoms with Gasteiger partial charge in [0.25, 0.3) is 0 Å². The molecule has 0 saturated heterocycles. The first kappa shape index (κ1) is 23.0. The van der Waals surface area contributed by atoms with E-state index >= 15 is 0 Å². The molecule has 0 radical (unpaired) electrons. The fourth-order valence-electron chi connectivity index (χ4n) is 3.12. The maximum atomic E-state index is 12.5. The highest BCUT2D eigenvalue weighted by molar-refractivity contribution is 6.13. The topological polar surface area (TPSA) is 84.8 Å². The number of benzene rings is 2. The Balaban J connectivity index is 1.93. The maximum Gasteiger partial charge on any atom is 0.363 e. The predicted octanol–water partition coefficient (Wildman–Crippen LogP) is 4.24. The standard InChI is InChI=1S/C24H27NO7/c1-6-7-10-31-19-12-15(8-9-18(19)27-2)11-17-24(26)32-23(25-17)16-13-20(28-3)22(30-5)21(14-16)29-4/h8-9,11-14H,6-7,10H2,1-5H3/b17-11+. The summed E-state index contributed by atoms with van der Waals surface area (Å²) in [4.78, 5) is 16.8. The fourth-order valence-corrected chi connectivity index (χ4v) is 3.12. The van der Waals surface area contributed by atoms with Crippen LogP contribution in [0.25, 0.3) is 6.08 Å². The lowest BCUT2D eigenvalue weighted by atomic mass is 10.1. The van der Waals surface area contributed by atoms with Gasteiger partial charge in [-0.1, -0.05) is 19.4 Å². The molecule has 3 rings (SSSR count). The minimum atomic E-state index is -0.557. The molecule has 0 saturated carbocycles. The summed E-state index contributed by atoms with van der Waals surface area (Å²) in [5.41, 5.74) is 1.42. The number of ether oxygens (including phenoxy) is 6. The second-order valence-corrected chi connectivity index (χ2v) is 6.86. The Labute approximate surface area is 187 Å². The van der Waals surface area contributed by atoms with Gasteiger partial charge in [-0.15, -0.1) is 0 Å². The lowest BCUT2D eigenvalue weighted by Crippen LogP contribution is -2.07. The van der Waals surface area contributed by atoms with Crippen LogP contribution >= 0.6 is 0 Å². The molecule has 0 spiro atoms. The molecule has 0 amide bonds. The van der Waals surface area contributed by atoms with Crippen molar-refractivity contribution in [1.29, 1.82) is 0 Å². The third-order valence-electron chi connectivity index (χ3n) is 4.78. The van der Waals surface area contributed by atoms with Crippen molar-refractivity contribution in [3.05, 3.63) is 47.2 Å². The number of hydrogen-bond acceptors (Lipinski definition) is 8. The monoisotopic (exact) mass is 441 g/mol. The molecule has 8 nitrogen and oxygen atoms in total. The van der Waals surface area contributed by atoms with Gasteiger partial charge in [0.1, 0.15) is 0 Å². The van der Waals surface area contributed by atoms with E-state index < -0.39 is 5.97 Å². The summed E-state index contributed by atoms with van der Waals surface area (Å²) in [6.45, 7) is 2.68. The molecule has 32 heavy (non-hydrogen) atoms. The molecule has 8 heteroatoms. The first-order chi connectivity index (χ1) is 15.5. The number of carbonyl (C=O) groups is 1. The van der Waals surface area contributed by atoms with Gasteiger partial charge in [0, 0.05) is 5.56 Å². The van der Waals surface area contributed by atoms with Crippen LogP contribution < -0.4 is 23.7 Å². The summed E-state index contributed by atoms with van der Waals surface area (Å²) in [6, 6.07) is 8.76. The highest BCUT2D eigenvalue weighted by Gasteiger charge is 2.26. The number of hydrogen-bond donors (Lipinski definition) is 0. The molecule has 0 fully saturated rings. The van der Waals surface area contributed by atoms with E-state index in [1.165, 1.54) is 21.3 Å². The van der Waals surface area contributed by atoms with Crippen molar-refractivity contribution in [2.24, 2.45) is 4.99 Å². The van der Waals surface area contributed by atoms with Crippen LogP contribution in [0.3, 0.4) is 0 Å². The van der Waals surface area contributed by atoms with E-state index in [-0.39, 0.29) is 11.6 Å². The van der Waals surface area contributed by atoms with Gasteiger partial charge in [-0.25, -0.2) is 9.79 Å². The second kappa shape index (κ2) is 10.6. The van der Waals surface area contributed by atoms with Crippen molar-refractivity contribution in [2.45, 2.75) is 19.8 Å². The van der Waals surface area contributed by atoms with Crippen molar-refractivity contribution >= 4 is 17.9 Å². The zero-order valence-electron chi connectivity index (χ0n) is 18.9. The molecule has 1 aliphatic heterocycles. The SMILES string of the molecule is CCCCOc1cc(/C=C2/N=C(c3cc(OC)c(OC)c(OC)c3)OC2=O)ccc1OC. The maximum absolute atomic E-state index is 12.5. The van der Waals surface area contributed by atoms with Crippen molar-refractivity contribution in [3.8, 4) is 28.7 Å². The van der Waals surface area contributed by atoms with E-state index in [4.69, 9.17) is 28.4 Å². The minimum Gasteiger partial charge on any atom is -0.493 e. The number of nitrogens with zero attached hydrogens (tertiary/aromatic N) is 1. The molecular weight excluding hydrogens is 414 g/mol. The minimum absolute atomic E-state index is 0.147. The number of methoxy groups -OCH3 is 4. The molecule has 0 N–H and O–H groups in total. The summed E-state index contributed by atoms with van der Waals surface area (Å²) in [5.74, 6) is 2.12. The molecule has 0 unspecified atom stereocenters. The molecule has 0 aliphatic carbocycles. The number of esters is 1. The smallest absolute Gasteiger partial charge is 0.363 e. The Bertz CT molecular complexity index is 1020. The van der Waals surface area contributed by atoms with Crippen LogP contribution in [0.2, 0.25) is 0 Å². The molecule has 0 bridgehead atoms. The second-order valence-electron chi connectivity index (χ2n) is 6.86. The van der Waals surface area contributed by atoms with Gasteiger partial charge in [-0.05, 0) is 42.3 Å². The lowest BCUT2D eigenvalue weighted by molar-refractivity contribution is -0.129. The van der Waals surface area contributed by atoms with E-state index in [0.717, 1.165) is 18.4 Å². The lowest BCUT2D eigenvalue weighted by Gasteiger charge is -2.13. The fraction of sp³-hybridized carbons (Fsp3) is 0.333. The summed E-state index contributed by atoms with van der Waals surface area (Å²) < 4.78 is 32.6. The van der Waals surface area contributed by atoms with Gasteiger partial charge >= 0.3 is 5.97 Å². The van der Waals surface area contributed by atoms with Crippen LogP contribution in [0.5, 0.6) is 28.7 Å². The van der Waals surface area contributed by atoms with E-state index in [1.807, 2.05) is 12.1 Å². The van der Waals surface area contributed by atoms with Crippen molar-refractivity contribution in [3.63, 3.8) is 0 Å². The Hall–Kier alpha value is -3.68. The van der Waals surface area contributed by atoms with Gasteiger partial charge in [-0.3, -0.25) is 0 Å². The molecule has 1 aliphatic rings. The summed E-state index contributed by atoms with van der Waals surface area (Å²) in [7, 11) is 6.13. The predicted molar refractivity (Wildman–Crippen MR) is 120 cm³/mol. The first-order valence-electron chi connectivity index (χ1n) is 10.2. The van der Waals surface area contributed by atoms with Crippen molar-refractivity contribution in [1.82, 2.24) is 0 Å². The Morgan fingerprint density at radius 3 is 2.19 bits per heavy atom. The zero-order chi connectivity index (χ0) is 23.1. The summed E-state index contributed by atoms with van der Waals surface area (Å²) >= 11 is 0. The summed E-state index contributed by atoms with van der Waals surface area (Å²) in [5, 5.41) is 0. The average Bonchev–Trinajstić information content (AvgIpc) is 3.18. The van der Waals surface area contributed by atoms with Crippen LogP contribution in [0.1, 0.15) is 30.9 Å². The molecule has 2 aromatic carbocycles. The number of aliphatic imine (C=N–C) groups is 1. The van der Waals surface area contributed by atoms with Gasteiger partial charge in [0.2, 0.25) is 11.6 Å². The van der Waals surface area contributed by atoms with Crippen LogP contribution in [0, 0.1) is 0 Å². The third kappa shape index (κ3) is 4.96.